The number of rotatable bonds is 3. The lowest BCUT2D eigenvalue weighted by atomic mass is 10.1. The van der Waals surface area contributed by atoms with Crippen molar-refractivity contribution in [3.05, 3.63) is 0 Å². The van der Waals surface area contributed by atoms with Crippen LogP contribution in [0.3, 0.4) is 0 Å². The number of nitrogens with one attached hydrogen (secondary N) is 1. The van der Waals surface area contributed by atoms with Gasteiger partial charge in [-0.3, -0.25) is 5.43 Å². The molecule has 2 aliphatic rings. The average Bonchev–Trinajstić information content (AvgIpc) is 2.56. The Morgan fingerprint density at radius 3 is 1.95 bits per heavy atom. The molecule has 8 heteroatoms. The molecule has 8 nitrogen and oxygen atoms in total. The van der Waals surface area contributed by atoms with E-state index < -0.39 is 0 Å². The van der Waals surface area contributed by atoms with Gasteiger partial charge in [-0.25, -0.2) is 5.84 Å². The number of anilines is 3. The number of piperidine rings is 1. The molecule has 2 fully saturated rings. The minimum atomic E-state index is 0.444. The van der Waals surface area contributed by atoms with E-state index in [9.17, 15) is 0 Å². The molecule has 0 aromatic carbocycles. The number of aromatic nitrogens is 3. The number of hydrogen-bond donors (Lipinski definition) is 2. The van der Waals surface area contributed by atoms with Gasteiger partial charge in [-0.1, -0.05) is 0 Å². The van der Waals surface area contributed by atoms with Gasteiger partial charge in [0, 0.05) is 39.3 Å². The van der Waals surface area contributed by atoms with E-state index in [0.717, 1.165) is 51.2 Å². The third-order valence-electron chi connectivity index (χ3n) is 4.17. The highest BCUT2D eigenvalue weighted by molar-refractivity contribution is 5.45. The highest BCUT2D eigenvalue weighted by Crippen LogP contribution is 2.20. The van der Waals surface area contributed by atoms with Crippen molar-refractivity contribution in [2.45, 2.75) is 19.3 Å². The fourth-order valence-corrected chi connectivity index (χ4v) is 2.80. The molecule has 1 aromatic heterocycles. The Hall–Kier alpha value is -1.67. The number of nitrogens with zero attached hydrogens (tertiary/aromatic N) is 6. The second-order valence-corrected chi connectivity index (χ2v) is 5.74. The van der Waals surface area contributed by atoms with Gasteiger partial charge in [0.1, 0.15) is 0 Å². The minimum absolute atomic E-state index is 0.444. The molecule has 0 bridgehead atoms. The quantitative estimate of drug-likeness (QED) is 0.590. The van der Waals surface area contributed by atoms with Crippen LogP contribution in [0.4, 0.5) is 17.8 Å². The summed E-state index contributed by atoms with van der Waals surface area (Å²) in [5, 5.41) is 0. The molecule has 0 atom stereocenters. The van der Waals surface area contributed by atoms with Crippen molar-refractivity contribution in [1.29, 1.82) is 0 Å². The molecule has 3 heterocycles. The van der Waals surface area contributed by atoms with Gasteiger partial charge in [0.05, 0.1) is 0 Å². The van der Waals surface area contributed by atoms with Crippen LogP contribution in [0.2, 0.25) is 0 Å². The van der Waals surface area contributed by atoms with Gasteiger partial charge in [-0.15, -0.1) is 0 Å². The van der Waals surface area contributed by atoms with Crippen molar-refractivity contribution >= 4 is 17.8 Å². The SMILES string of the molecule is CN1CCN(c2nc(NN)nc(N3CCCCC3)n2)CC1. The van der Waals surface area contributed by atoms with Gasteiger partial charge < -0.3 is 14.7 Å². The molecule has 0 amide bonds. The number of hydrazine groups is 1. The van der Waals surface area contributed by atoms with E-state index in [4.69, 9.17) is 5.84 Å². The van der Waals surface area contributed by atoms with Gasteiger partial charge in [0.2, 0.25) is 17.8 Å². The second kappa shape index (κ2) is 6.40. The van der Waals surface area contributed by atoms with Crippen molar-refractivity contribution in [3.8, 4) is 0 Å². The molecule has 1 aromatic rings. The molecule has 0 spiro atoms. The van der Waals surface area contributed by atoms with Crippen molar-refractivity contribution < 1.29 is 0 Å². The molecule has 3 rings (SSSR count). The molecule has 0 unspecified atom stereocenters. The molecule has 3 N–H and O–H groups in total. The van der Waals surface area contributed by atoms with E-state index in [1.165, 1.54) is 19.3 Å². The Morgan fingerprint density at radius 2 is 1.38 bits per heavy atom. The van der Waals surface area contributed by atoms with Gasteiger partial charge in [0.25, 0.3) is 0 Å². The molecule has 0 radical (unpaired) electrons. The Labute approximate surface area is 125 Å². The van der Waals surface area contributed by atoms with Crippen LogP contribution in [0.25, 0.3) is 0 Å². The smallest absolute Gasteiger partial charge is 0.243 e. The van der Waals surface area contributed by atoms with Crippen LogP contribution in [0, 0.1) is 0 Å². The van der Waals surface area contributed by atoms with Crippen molar-refractivity contribution in [1.82, 2.24) is 19.9 Å². The third kappa shape index (κ3) is 3.33. The Kier molecular flexibility index (Phi) is 4.35. The first-order chi connectivity index (χ1) is 10.3. The summed E-state index contributed by atoms with van der Waals surface area (Å²) >= 11 is 0. The van der Waals surface area contributed by atoms with Gasteiger partial charge >= 0.3 is 0 Å². The second-order valence-electron chi connectivity index (χ2n) is 5.74. The van der Waals surface area contributed by atoms with Crippen molar-refractivity contribution in [2.75, 3.05) is 61.5 Å². The predicted octanol–water partition coefficient (Wildman–Crippen LogP) is -0.101. The van der Waals surface area contributed by atoms with Gasteiger partial charge in [-0.2, -0.15) is 15.0 Å². The Balaban J connectivity index is 1.82. The summed E-state index contributed by atoms with van der Waals surface area (Å²) in [6, 6.07) is 0. The highest BCUT2D eigenvalue weighted by Gasteiger charge is 2.21. The van der Waals surface area contributed by atoms with E-state index >= 15 is 0 Å². The Morgan fingerprint density at radius 1 is 0.810 bits per heavy atom. The molecule has 2 aliphatic heterocycles. The van der Waals surface area contributed by atoms with E-state index in [1.54, 1.807) is 0 Å². The summed E-state index contributed by atoms with van der Waals surface area (Å²) < 4.78 is 0. The lowest BCUT2D eigenvalue weighted by Gasteiger charge is -2.33. The van der Waals surface area contributed by atoms with Crippen LogP contribution in [0.1, 0.15) is 19.3 Å². The fraction of sp³-hybridized carbons (Fsp3) is 0.769. The normalized spacial score (nSPS) is 20.7. The maximum Gasteiger partial charge on any atom is 0.243 e. The maximum absolute atomic E-state index is 5.52. The third-order valence-corrected chi connectivity index (χ3v) is 4.17. The molecule has 116 valence electrons. The average molecular weight is 292 g/mol. The minimum Gasteiger partial charge on any atom is -0.341 e. The Bertz CT molecular complexity index is 465. The maximum atomic E-state index is 5.52. The highest BCUT2D eigenvalue weighted by atomic mass is 15.4. The van der Waals surface area contributed by atoms with Crippen LogP contribution >= 0.6 is 0 Å². The number of nitrogens with two attached hydrogens (primary N) is 1. The van der Waals surface area contributed by atoms with E-state index in [1.807, 2.05) is 0 Å². The van der Waals surface area contributed by atoms with E-state index in [0.29, 0.717) is 5.95 Å². The summed E-state index contributed by atoms with van der Waals surface area (Å²) in [6.45, 7) is 5.94. The van der Waals surface area contributed by atoms with Crippen LogP contribution < -0.4 is 21.1 Å². The number of likely N-dealkylation sites (N-methyl/N-ethyl adjacent to an activating group) is 1. The lowest BCUT2D eigenvalue weighted by Crippen LogP contribution is -2.45. The number of piperazine rings is 1. The van der Waals surface area contributed by atoms with E-state index in [2.05, 4.69) is 42.1 Å². The zero-order valence-electron chi connectivity index (χ0n) is 12.6. The fourth-order valence-electron chi connectivity index (χ4n) is 2.80. The molecule has 21 heavy (non-hydrogen) atoms. The summed E-state index contributed by atoms with van der Waals surface area (Å²) in [6.07, 6.45) is 3.68. The first-order valence-electron chi connectivity index (χ1n) is 7.67. The molecular weight excluding hydrogens is 268 g/mol. The first-order valence-corrected chi connectivity index (χ1v) is 7.67. The van der Waals surface area contributed by atoms with Gasteiger partial charge in [-0.05, 0) is 26.3 Å². The molecular formula is C13H24N8. The van der Waals surface area contributed by atoms with Crippen molar-refractivity contribution in [2.24, 2.45) is 5.84 Å². The summed E-state index contributed by atoms with van der Waals surface area (Å²) in [5.41, 5.74) is 2.57. The zero-order chi connectivity index (χ0) is 14.7. The lowest BCUT2D eigenvalue weighted by molar-refractivity contribution is 0.311. The molecule has 2 saturated heterocycles. The summed E-state index contributed by atoms with van der Waals surface area (Å²) in [7, 11) is 2.14. The standard InChI is InChI=1S/C13H24N8/c1-19-7-9-21(10-8-19)13-16-11(18-14)15-12(17-13)20-5-3-2-4-6-20/h2-10,14H2,1H3,(H,15,16,17,18). The number of nitrogen functional groups attached to an aromatic ring is 1. The van der Waals surface area contributed by atoms with Crippen LogP contribution in [-0.2, 0) is 0 Å². The van der Waals surface area contributed by atoms with Crippen LogP contribution in [0.15, 0.2) is 0 Å². The van der Waals surface area contributed by atoms with E-state index in [-0.39, 0.29) is 0 Å². The van der Waals surface area contributed by atoms with Crippen molar-refractivity contribution in [3.63, 3.8) is 0 Å². The first kappa shape index (κ1) is 14.3. The zero-order valence-corrected chi connectivity index (χ0v) is 12.6. The summed E-state index contributed by atoms with van der Waals surface area (Å²) in [5.74, 6) is 7.44. The number of hydrogen-bond acceptors (Lipinski definition) is 8. The largest absolute Gasteiger partial charge is 0.341 e. The topological polar surface area (TPSA) is 86.4 Å². The van der Waals surface area contributed by atoms with Crippen LogP contribution in [-0.4, -0.2) is 66.2 Å². The van der Waals surface area contributed by atoms with Crippen LogP contribution in [0.5, 0.6) is 0 Å². The van der Waals surface area contributed by atoms with Gasteiger partial charge in [0.15, 0.2) is 0 Å². The summed E-state index contributed by atoms with van der Waals surface area (Å²) in [4.78, 5) is 20.2. The monoisotopic (exact) mass is 292 g/mol. The molecule has 0 aliphatic carbocycles. The molecule has 0 saturated carbocycles. The predicted molar refractivity (Wildman–Crippen MR) is 83.4 cm³/mol.